The molecule has 1 rings (SSSR count). The molecule has 0 atom stereocenters. The number of amides is 2. The molecule has 1 aromatic carbocycles. The van der Waals surface area contributed by atoms with Gasteiger partial charge in [-0.25, -0.2) is 4.79 Å². The Hall–Kier alpha value is -1.51. The maximum absolute atomic E-state index is 11.9. The molecule has 0 saturated carbocycles. The molecule has 2 amide bonds. The van der Waals surface area contributed by atoms with E-state index in [1.807, 2.05) is 31.2 Å². The van der Waals surface area contributed by atoms with E-state index in [0.29, 0.717) is 0 Å². The Morgan fingerprint density at radius 3 is 2.65 bits per heavy atom. The number of carbonyl (C=O) groups excluding carboxylic acids is 1. The third kappa shape index (κ3) is 4.10. The average Bonchev–Trinajstić information content (AvgIpc) is 2.34. The van der Waals surface area contributed by atoms with Gasteiger partial charge in [0.2, 0.25) is 0 Å². The lowest BCUT2D eigenvalue weighted by molar-refractivity contribution is 0.247. The molecule has 0 fully saturated rings. The van der Waals surface area contributed by atoms with E-state index in [4.69, 9.17) is 0 Å². The van der Waals surface area contributed by atoms with Crippen LogP contribution in [-0.2, 0) is 0 Å². The van der Waals surface area contributed by atoms with Crippen molar-refractivity contribution in [3.05, 3.63) is 29.8 Å². The first-order valence-electron chi connectivity index (χ1n) is 6.24. The van der Waals surface area contributed by atoms with Gasteiger partial charge in [0.1, 0.15) is 0 Å². The van der Waals surface area contributed by atoms with Gasteiger partial charge in [-0.2, -0.15) is 0 Å². The van der Waals surface area contributed by atoms with E-state index in [9.17, 15) is 4.79 Å². The summed E-state index contributed by atoms with van der Waals surface area (Å²) in [6.07, 6.45) is 3.38. The van der Waals surface area contributed by atoms with Gasteiger partial charge in [-0.3, -0.25) is 4.90 Å². The topological polar surface area (TPSA) is 32.3 Å². The number of anilines is 1. The highest BCUT2D eigenvalue weighted by Crippen LogP contribution is 2.17. The van der Waals surface area contributed by atoms with Crippen LogP contribution in [-0.4, -0.2) is 19.6 Å². The van der Waals surface area contributed by atoms with Crippen LogP contribution < -0.4 is 10.2 Å². The minimum Gasteiger partial charge on any atom is -0.338 e. The van der Waals surface area contributed by atoms with Crippen LogP contribution in [0.2, 0.25) is 0 Å². The molecule has 1 aromatic rings. The predicted octanol–water partition coefficient (Wildman–Crippen LogP) is 3.33. The first-order chi connectivity index (χ1) is 8.16. The van der Waals surface area contributed by atoms with Gasteiger partial charge in [0.05, 0.1) is 0 Å². The van der Waals surface area contributed by atoms with E-state index in [2.05, 4.69) is 12.2 Å². The minimum absolute atomic E-state index is 0.0320. The maximum Gasteiger partial charge on any atom is 0.321 e. The van der Waals surface area contributed by atoms with Crippen LogP contribution in [0.5, 0.6) is 0 Å². The second kappa shape index (κ2) is 6.94. The third-order valence-corrected chi connectivity index (χ3v) is 2.84. The molecule has 17 heavy (non-hydrogen) atoms. The zero-order chi connectivity index (χ0) is 12.7. The van der Waals surface area contributed by atoms with Crippen molar-refractivity contribution in [1.82, 2.24) is 5.32 Å². The first-order valence-corrected chi connectivity index (χ1v) is 6.24. The molecule has 0 radical (unpaired) electrons. The summed E-state index contributed by atoms with van der Waals surface area (Å²) in [4.78, 5) is 13.5. The standard InChI is InChI=1S/C14H22N2O/c1-4-5-8-11-15-14(17)16(3)13-10-7-6-9-12(13)2/h6-7,9-10H,4-5,8,11H2,1-3H3,(H,15,17). The summed E-state index contributed by atoms with van der Waals surface area (Å²) in [5.74, 6) is 0. The van der Waals surface area contributed by atoms with Crippen LogP contribution in [0.4, 0.5) is 10.5 Å². The Kier molecular flexibility index (Phi) is 5.53. The van der Waals surface area contributed by atoms with Crippen LogP contribution in [0.1, 0.15) is 31.7 Å². The van der Waals surface area contributed by atoms with Gasteiger partial charge in [-0.15, -0.1) is 0 Å². The lowest BCUT2D eigenvalue weighted by atomic mass is 10.2. The predicted molar refractivity (Wildman–Crippen MR) is 72.5 cm³/mol. The molecule has 0 heterocycles. The molecule has 0 aliphatic rings. The molecule has 1 N–H and O–H groups in total. The van der Waals surface area contributed by atoms with Crippen LogP contribution in [0.3, 0.4) is 0 Å². The van der Waals surface area contributed by atoms with Crippen molar-refractivity contribution < 1.29 is 4.79 Å². The number of hydrogen-bond donors (Lipinski definition) is 1. The fourth-order valence-electron chi connectivity index (χ4n) is 1.74. The molecule has 0 aliphatic carbocycles. The summed E-state index contributed by atoms with van der Waals surface area (Å²) >= 11 is 0. The van der Waals surface area contributed by atoms with Crippen LogP contribution in [0, 0.1) is 6.92 Å². The molecule has 94 valence electrons. The molecule has 3 heteroatoms. The van der Waals surface area contributed by atoms with E-state index in [1.54, 1.807) is 11.9 Å². The first kappa shape index (κ1) is 13.6. The average molecular weight is 234 g/mol. The van der Waals surface area contributed by atoms with Gasteiger partial charge in [0.25, 0.3) is 0 Å². The molecule has 0 bridgehead atoms. The molecular weight excluding hydrogens is 212 g/mol. The maximum atomic E-state index is 11.9. The van der Waals surface area contributed by atoms with Gasteiger partial charge in [-0.05, 0) is 25.0 Å². The highest BCUT2D eigenvalue weighted by molar-refractivity contribution is 5.92. The van der Waals surface area contributed by atoms with Crippen molar-refractivity contribution in [3.8, 4) is 0 Å². The molecule has 0 saturated heterocycles. The summed E-state index contributed by atoms with van der Waals surface area (Å²) in [6, 6.07) is 7.86. The van der Waals surface area contributed by atoms with Crippen LogP contribution in [0.25, 0.3) is 0 Å². The van der Waals surface area contributed by atoms with Gasteiger partial charge < -0.3 is 5.32 Å². The monoisotopic (exact) mass is 234 g/mol. The fraction of sp³-hybridized carbons (Fsp3) is 0.500. The van der Waals surface area contributed by atoms with Crippen molar-refractivity contribution in [2.24, 2.45) is 0 Å². The van der Waals surface area contributed by atoms with Crippen molar-refractivity contribution in [1.29, 1.82) is 0 Å². The van der Waals surface area contributed by atoms with Gasteiger partial charge >= 0.3 is 6.03 Å². The quantitative estimate of drug-likeness (QED) is 0.779. The summed E-state index contributed by atoms with van der Waals surface area (Å²) < 4.78 is 0. The molecular formula is C14H22N2O. The smallest absolute Gasteiger partial charge is 0.321 e. The van der Waals surface area contributed by atoms with E-state index in [1.165, 1.54) is 6.42 Å². The Bertz CT molecular complexity index is 363. The molecule has 0 spiro atoms. The van der Waals surface area contributed by atoms with Crippen LogP contribution >= 0.6 is 0 Å². The molecule has 0 aromatic heterocycles. The summed E-state index contributed by atoms with van der Waals surface area (Å²) in [6.45, 7) is 4.92. The zero-order valence-corrected chi connectivity index (χ0v) is 11.0. The van der Waals surface area contributed by atoms with E-state index in [-0.39, 0.29) is 6.03 Å². The lowest BCUT2D eigenvalue weighted by Gasteiger charge is -2.19. The van der Waals surface area contributed by atoms with Crippen molar-refractivity contribution in [3.63, 3.8) is 0 Å². The molecule has 0 unspecified atom stereocenters. The molecule has 3 nitrogen and oxygen atoms in total. The second-order valence-corrected chi connectivity index (χ2v) is 4.28. The number of rotatable bonds is 5. The third-order valence-electron chi connectivity index (χ3n) is 2.84. The summed E-state index contributed by atoms with van der Waals surface area (Å²) in [5.41, 5.74) is 2.07. The summed E-state index contributed by atoms with van der Waals surface area (Å²) in [5, 5.41) is 2.93. The Morgan fingerprint density at radius 2 is 2.00 bits per heavy atom. The number of aryl methyl sites for hydroxylation is 1. The van der Waals surface area contributed by atoms with Gasteiger partial charge in [0, 0.05) is 19.3 Å². The van der Waals surface area contributed by atoms with E-state index < -0.39 is 0 Å². The number of benzene rings is 1. The SMILES string of the molecule is CCCCCNC(=O)N(C)c1ccccc1C. The fourth-order valence-corrected chi connectivity index (χ4v) is 1.74. The van der Waals surface area contributed by atoms with Crippen molar-refractivity contribution in [2.45, 2.75) is 33.1 Å². The number of nitrogens with one attached hydrogen (secondary N) is 1. The molecule has 0 aliphatic heterocycles. The number of nitrogens with zero attached hydrogens (tertiary/aromatic N) is 1. The number of unbranched alkanes of at least 4 members (excludes halogenated alkanes) is 2. The van der Waals surface area contributed by atoms with Gasteiger partial charge in [0.15, 0.2) is 0 Å². The van der Waals surface area contributed by atoms with Crippen molar-refractivity contribution in [2.75, 3.05) is 18.5 Å². The minimum atomic E-state index is -0.0320. The number of urea groups is 1. The Morgan fingerprint density at radius 1 is 1.29 bits per heavy atom. The highest BCUT2D eigenvalue weighted by Gasteiger charge is 2.11. The van der Waals surface area contributed by atoms with Gasteiger partial charge in [-0.1, -0.05) is 38.0 Å². The highest BCUT2D eigenvalue weighted by atomic mass is 16.2. The summed E-state index contributed by atoms with van der Waals surface area (Å²) in [7, 11) is 1.80. The number of para-hydroxylation sites is 1. The largest absolute Gasteiger partial charge is 0.338 e. The lowest BCUT2D eigenvalue weighted by Crippen LogP contribution is -2.38. The van der Waals surface area contributed by atoms with Crippen LogP contribution in [0.15, 0.2) is 24.3 Å². The number of carbonyl (C=O) groups is 1. The Balaban J connectivity index is 2.49. The van der Waals surface area contributed by atoms with E-state index >= 15 is 0 Å². The van der Waals surface area contributed by atoms with E-state index in [0.717, 1.165) is 30.6 Å². The number of hydrogen-bond acceptors (Lipinski definition) is 1. The zero-order valence-electron chi connectivity index (χ0n) is 11.0. The normalized spacial score (nSPS) is 10.1. The second-order valence-electron chi connectivity index (χ2n) is 4.28. The van der Waals surface area contributed by atoms with Crippen molar-refractivity contribution >= 4 is 11.7 Å². The Labute approximate surface area is 104 Å².